The van der Waals surface area contributed by atoms with Crippen LogP contribution in [-0.4, -0.2) is 50.8 Å². The molecule has 4 aromatic rings. The Balaban J connectivity index is 1.59. The molecule has 0 saturated carbocycles. The number of nitrogens with one attached hydrogen (secondary N) is 2. The van der Waals surface area contributed by atoms with Gasteiger partial charge in [-0.05, 0) is 36.4 Å². The van der Waals surface area contributed by atoms with Gasteiger partial charge in [0.1, 0.15) is 23.0 Å². The molecular formula is C26H26N6O4. The summed E-state index contributed by atoms with van der Waals surface area (Å²) in [6.45, 7) is 0. The maximum atomic E-state index is 5.42. The highest BCUT2D eigenvalue weighted by Crippen LogP contribution is 2.25. The molecule has 0 aliphatic heterocycles. The van der Waals surface area contributed by atoms with E-state index in [2.05, 4.69) is 31.0 Å². The van der Waals surface area contributed by atoms with Crippen LogP contribution >= 0.6 is 0 Å². The molecule has 0 unspecified atom stereocenters. The lowest BCUT2D eigenvalue weighted by Crippen LogP contribution is -2.03. The van der Waals surface area contributed by atoms with Gasteiger partial charge in [-0.3, -0.25) is 10.9 Å². The van der Waals surface area contributed by atoms with Gasteiger partial charge in [0.25, 0.3) is 0 Å². The Morgan fingerprint density at radius 3 is 1.44 bits per heavy atom. The number of hydrogen-bond donors (Lipinski definition) is 2. The molecule has 10 nitrogen and oxygen atoms in total. The second-order valence-electron chi connectivity index (χ2n) is 7.37. The normalized spacial score (nSPS) is 11.1. The zero-order valence-electron chi connectivity index (χ0n) is 20.4. The summed E-state index contributed by atoms with van der Waals surface area (Å²) in [4.78, 5) is 9.28. The molecule has 0 bridgehead atoms. The Hall–Kier alpha value is -4.86. The van der Waals surface area contributed by atoms with Crippen LogP contribution in [0.1, 0.15) is 11.1 Å². The standard InChI is InChI=1S/C26H26N6O4/c1-33-19-11-9-17(23(13-19)35-3)15-27-31-25-26(30-22-8-6-5-7-21(22)29-25)32-28-16-18-10-12-20(34-2)14-24(18)36-4/h5-16H,1-4H3,(H,29,31)(H,30,32). The van der Waals surface area contributed by atoms with Crippen molar-refractivity contribution < 1.29 is 18.9 Å². The first-order valence-electron chi connectivity index (χ1n) is 10.9. The van der Waals surface area contributed by atoms with E-state index in [4.69, 9.17) is 18.9 Å². The number of fused-ring (bicyclic) bond motifs is 1. The minimum Gasteiger partial charge on any atom is -0.497 e. The molecule has 0 aliphatic rings. The number of benzene rings is 3. The number of para-hydroxylation sites is 2. The molecule has 36 heavy (non-hydrogen) atoms. The number of aromatic nitrogens is 2. The van der Waals surface area contributed by atoms with Crippen molar-refractivity contribution in [3.63, 3.8) is 0 Å². The van der Waals surface area contributed by atoms with E-state index in [0.29, 0.717) is 45.7 Å². The van der Waals surface area contributed by atoms with E-state index in [9.17, 15) is 0 Å². The van der Waals surface area contributed by atoms with Gasteiger partial charge < -0.3 is 18.9 Å². The third-order valence-electron chi connectivity index (χ3n) is 5.20. The summed E-state index contributed by atoms with van der Waals surface area (Å²) in [5, 5.41) is 8.66. The van der Waals surface area contributed by atoms with Gasteiger partial charge in [0.15, 0.2) is 11.6 Å². The zero-order valence-corrected chi connectivity index (χ0v) is 20.4. The van der Waals surface area contributed by atoms with Crippen LogP contribution in [0.5, 0.6) is 23.0 Å². The number of hydrazone groups is 2. The van der Waals surface area contributed by atoms with Crippen LogP contribution in [0.15, 0.2) is 70.9 Å². The van der Waals surface area contributed by atoms with E-state index in [0.717, 1.165) is 11.1 Å². The SMILES string of the molecule is COc1ccc(C=NNc2nc3ccccc3nc2NN=Cc2ccc(OC)cc2OC)c(OC)c1. The lowest BCUT2D eigenvalue weighted by Gasteiger charge is -2.10. The van der Waals surface area contributed by atoms with Gasteiger partial charge in [0.05, 0.1) is 51.9 Å². The number of rotatable bonds is 10. The molecule has 0 spiro atoms. The van der Waals surface area contributed by atoms with E-state index >= 15 is 0 Å². The first-order valence-corrected chi connectivity index (χ1v) is 10.9. The van der Waals surface area contributed by atoms with Crippen LogP contribution in [0.2, 0.25) is 0 Å². The average Bonchev–Trinajstić information content (AvgIpc) is 2.93. The van der Waals surface area contributed by atoms with Gasteiger partial charge in [-0.25, -0.2) is 9.97 Å². The highest BCUT2D eigenvalue weighted by atomic mass is 16.5. The van der Waals surface area contributed by atoms with Crippen LogP contribution in [0.3, 0.4) is 0 Å². The van der Waals surface area contributed by atoms with Crippen molar-refractivity contribution in [2.45, 2.75) is 0 Å². The monoisotopic (exact) mass is 486 g/mol. The van der Waals surface area contributed by atoms with Crippen molar-refractivity contribution in [2.75, 3.05) is 39.3 Å². The molecule has 0 saturated heterocycles. The van der Waals surface area contributed by atoms with Crippen molar-refractivity contribution in [2.24, 2.45) is 10.2 Å². The Morgan fingerprint density at radius 1 is 0.611 bits per heavy atom. The minimum atomic E-state index is 0.399. The summed E-state index contributed by atoms with van der Waals surface area (Å²) in [6, 6.07) is 18.5. The summed E-state index contributed by atoms with van der Waals surface area (Å²) in [5.41, 5.74) is 8.85. The van der Waals surface area contributed by atoms with Gasteiger partial charge in [-0.1, -0.05) is 12.1 Å². The number of nitrogens with zero attached hydrogens (tertiary/aromatic N) is 4. The van der Waals surface area contributed by atoms with Gasteiger partial charge in [-0.2, -0.15) is 10.2 Å². The average molecular weight is 487 g/mol. The first kappa shape index (κ1) is 24.3. The Morgan fingerprint density at radius 2 is 1.06 bits per heavy atom. The van der Waals surface area contributed by atoms with Crippen LogP contribution in [-0.2, 0) is 0 Å². The summed E-state index contributed by atoms with van der Waals surface area (Å²) in [5.74, 6) is 3.43. The van der Waals surface area contributed by atoms with E-state index < -0.39 is 0 Å². The zero-order chi connectivity index (χ0) is 25.3. The van der Waals surface area contributed by atoms with Gasteiger partial charge >= 0.3 is 0 Å². The minimum absolute atomic E-state index is 0.399. The molecule has 1 heterocycles. The Bertz CT molecular complexity index is 1300. The molecule has 0 aliphatic carbocycles. The second-order valence-corrected chi connectivity index (χ2v) is 7.37. The Labute approximate surface area is 208 Å². The molecule has 0 atom stereocenters. The molecule has 1 aromatic heterocycles. The largest absolute Gasteiger partial charge is 0.497 e. The molecule has 0 radical (unpaired) electrons. The second kappa shape index (κ2) is 11.5. The number of hydrogen-bond acceptors (Lipinski definition) is 10. The maximum Gasteiger partial charge on any atom is 0.192 e. The number of ether oxygens (including phenoxy) is 4. The molecule has 0 amide bonds. The lowest BCUT2D eigenvalue weighted by atomic mass is 10.2. The predicted molar refractivity (Wildman–Crippen MR) is 141 cm³/mol. The van der Waals surface area contributed by atoms with Gasteiger partial charge in [0, 0.05) is 23.3 Å². The third kappa shape index (κ3) is 5.61. The molecule has 184 valence electrons. The van der Waals surface area contributed by atoms with Gasteiger partial charge in [-0.15, -0.1) is 0 Å². The Kier molecular flexibility index (Phi) is 7.76. The third-order valence-corrected chi connectivity index (χ3v) is 5.20. The molecule has 3 aromatic carbocycles. The van der Waals surface area contributed by atoms with E-state index in [1.807, 2.05) is 48.5 Å². The molecule has 2 N–H and O–H groups in total. The summed E-state index contributed by atoms with van der Waals surface area (Å²) in [7, 11) is 6.38. The van der Waals surface area contributed by atoms with E-state index in [1.54, 1.807) is 53.0 Å². The van der Waals surface area contributed by atoms with Crippen LogP contribution < -0.4 is 29.8 Å². The van der Waals surface area contributed by atoms with E-state index in [-0.39, 0.29) is 0 Å². The number of anilines is 2. The van der Waals surface area contributed by atoms with Crippen LogP contribution in [0.25, 0.3) is 11.0 Å². The van der Waals surface area contributed by atoms with Crippen LogP contribution in [0, 0.1) is 0 Å². The lowest BCUT2D eigenvalue weighted by molar-refractivity contribution is 0.393. The van der Waals surface area contributed by atoms with Gasteiger partial charge in [0.2, 0.25) is 0 Å². The topological polar surface area (TPSA) is 111 Å². The van der Waals surface area contributed by atoms with Crippen molar-refractivity contribution in [1.82, 2.24) is 9.97 Å². The van der Waals surface area contributed by atoms with Crippen molar-refractivity contribution >= 4 is 35.1 Å². The fourth-order valence-electron chi connectivity index (χ4n) is 3.33. The van der Waals surface area contributed by atoms with Crippen molar-refractivity contribution in [1.29, 1.82) is 0 Å². The summed E-state index contributed by atoms with van der Waals surface area (Å²) >= 11 is 0. The smallest absolute Gasteiger partial charge is 0.192 e. The summed E-state index contributed by atoms with van der Waals surface area (Å²) < 4.78 is 21.3. The molecule has 0 fully saturated rings. The predicted octanol–water partition coefficient (Wildman–Crippen LogP) is 4.56. The highest BCUT2D eigenvalue weighted by Gasteiger charge is 2.09. The quantitative estimate of drug-likeness (QED) is 0.248. The van der Waals surface area contributed by atoms with Crippen LogP contribution in [0.4, 0.5) is 11.6 Å². The summed E-state index contributed by atoms with van der Waals surface area (Å²) in [6.07, 6.45) is 3.26. The molecule has 10 heteroatoms. The number of methoxy groups -OCH3 is 4. The van der Waals surface area contributed by atoms with E-state index in [1.165, 1.54) is 0 Å². The molecular weight excluding hydrogens is 460 g/mol. The van der Waals surface area contributed by atoms with Crippen molar-refractivity contribution in [3.05, 3.63) is 71.8 Å². The maximum absolute atomic E-state index is 5.42. The molecule has 4 rings (SSSR count). The highest BCUT2D eigenvalue weighted by molar-refractivity contribution is 5.86. The fraction of sp³-hybridized carbons (Fsp3) is 0.154. The fourth-order valence-corrected chi connectivity index (χ4v) is 3.33. The first-order chi connectivity index (χ1) is 17.6. The van der Waals surface area contributed by atoms with Crippen molar-refractivity contribution in [3.8, 4) is 23.0 Å².